The Kier molecular flexibility index (Phi) is 4.52. The molecule has 1 heterocycles. The number of carbonyl (C=O) groups excluding carboxylic acids is 1. The first-order chi connectivity index (χ1) is 7.93. The number of ether oxygens (including phenoxy) is 1. The van der Waals surface area contributed by atoms with Gasteiger partial charge in [-0.3, -0.25) is 0 Å². The molecule has 0 bridgehead atoms. The third-order valence-corrected chi connectivity index (χ3v) is 2.25. The van der Waals surface area contributed by atoms with Crippen LogP contribution < -0.4 is 5.43 Å². The zero-order valence-electron chi connectivity index (χ0n) is 8.86. The van der Waals surface area contributed by atoms with Crippen LogP contribution in [0.2, 0.25) is 0 Å². The van der Waals surface area contributed by atoms with Gasteiger partial charge in [-0.2, -0.15) is 5.10 Å². The molecule has 9 heteroatoms. The van der Waals surface area contributed by atoms with Crippen LogP contribution in [0.25, 0.3) is 0 Å². The van der Waals surface area contributed by atoms with Crippen molar-refractivity contribution in [3.05, 3.63) is 17.9 Å². The van der Waals surface area contributed by atoms with Crippen LogP contribution >= 0.6 is 10.9 Å². The lowest BCUT2D eigenvalue weighted by Gasteiger charge is -2.14. The second-order valence-corrected chi connectivity index (χ2v) is 4.21. The third kappa shape index (κ3) is 4.44. The molecule has 8 nitrogen and oxygen atoms in total. The normalized spacial score (nSPS) is 12.7. The van der Waals surface area contributed by atoms with E-state index in [0.29, 0.717) is 0 Å². The molecular formula is C8H12N2O6S. The summed E-state index contributed by atoms with van der Waals surface area (Å²) >= 11 is 0. The zero-order valence-corrected chi connectivity index (χ0v) is 9.68. The van der Waals surface area contributed by atoms with Crippen LogP contribution in [0.15, 0.2) is 26.7 Å². The molecule has 1 amide bonds. The van der Waals surface area contributed by atoms with Crippen molar-refractivity contribution in [3.8, 4) is 0 Å². The Bertz CT molecular complexity index is 410. The maximum Gasteiger partial charge on any atom is 0.427 e. The van der Waals surface area contributed by atoms with Crippen molar-refractivity contribution in [2.45, 2.75) is 12.0 Å². The fraction of sp³-hybridized carbons (Fsp3) is 0.250. The average Bonchev–Trinajstić information content (AvgIpc) is 2.66. The third-order valence-electron chi connectivity index (χ3n) is 1.50. The highest BCUT2D eigenvalue weighted by molar-refractivity contribution is 8.19. The summed E-state index contributed by atoms with van der Waals surface area (Å²) in [5.41, 5.74) is 2.05. The number of nitrogens with one attached hydrogen (secondary N) is 1. The van der Waals surface area contributed by atoms with E-state index < -0.39 is 17.0 Å². The minimum atomic E-state index is -3.87. The number of hydrazone groups is 1. The largest absolute Gasteiger partial charge is 0.449 e. The molecule has 0 atom stereocenters. The van der Waals surface area contributed by atoms with Gasteiger partial charge in [-0.1, -0.05) is 0 Å². The van der Waals surface area contributed by atoms with Crippen LogP contribution in [-0.4, -0.2) is 32.6 Å². The van der Waals surface area contributed by atoms with E-state index in [0.717, 1.165) is 6.21 Å². The van der Waals surface area contributed by atoms with E-state index in [1.807, 2.05) is 5.43 Å². The van der Waals surface area contributed by atoms with E-state index in [4.69, 9.17) is 18.1 Å². The van der Waals surface area contributed by atoms with Gasteiger partial charge in [-0.15, -0.1) is 0 Å². The molecule has 0 aliphatic carbocycles. The minimum Gasteiger partial charge on any atom is -0.449 e. The molecule has 4 N–H and O–H groups in total. The van der Waals surface area contributed by atoms with E-state index in [2.05, 4.69) is 9.84 Å². The molecule has 0 spiro atoms. The van der Waals surface area contributed by atoms with Gasteiger partial charge in [0.2, 0.25) is 5.09 Å². The molecule has 0 saturated heterocycles. The molecule has 17 heavy (non-hydrogen) atoms. The molecule has 0 aliphatic rings. The van der Waals surface area contributed by atoms with E-state index >= 15 is 0 Å². The first-order valence-electron chi connectivity index (χ1n) is 4.50. The molecule has 96 valence electrons. The molecular weight excluding hydrogens is 252 g/mol. The van der Waals surface area contributed by atoms with Crippen molar-refractivity contribution < 1.29 is 27.6 Å². The summed E-state index contributed by atoms with van der Waals surface area (Å²) in [6.45, 7) is 1.87. The molecule has 1 aromatic heterocycles. The van der Waals surface area contributed by atoms with E-state index in [-0.39, 0.29) is 17.5 Å². The summed E-state index contributed by atoms with van der Waals surface area (Å²) in [6.07, 6.45) is 0.396. The number of rotatable bonds is 4. The maximum absolute atomic E-state index is 10.8. The number of carbonyl (C=O) groups is 1. The fourth-order valence-electron chi connectivity index (χ4n) is 0.863. The maximum atomic E-state index is 10.8. The van der Waals surface area contributed by atoms with Crippen LogP contribution in [0.5, 0.6) is 0 Å². The smallest absolute Gasteiger partial charge is 0.427 e. The number of nitrogens with zero attached hydrogens (tertiary/aromatic N) is 1. The Hall–Kier alpha value is -1.55. The van der Waals surface area contributed by atoms with Crippen molar-refractivity contribution in [2.24, 2.45) is 5.10 Å². The Morgan fingerprint density at radius 2 is 2.29 bits per heavy atom. The van der Waals surface area contributed by atoms with E-state index in [9.17, 15) is 4.79 Å². The molecule has 0 saturated carbocycles. The number of amides is 1. The van der Waals surface area contributed by atoms with Gasteiger partial charge in [-0.25, -0.2) is 10.2 Å². The summed E-state index contributed by atoms with van der Waals surface area (Å²) in [5.74, 6) is 0.130. The number of furan rings is 1. The molecule has 0 aromatic carbocycles. The van der Waals surface area contributed by atoms with Gasteiger partial charge in [0.15, 0.2) is 0 Å². The first-order valence-corrected chi connectivity index (χ1v) is 6.00. The quantitative estimate of drug-likeness (QED) is 0.486. The van der Waals surface area contributed by atoms with Crippen molar-refractivity contribution in [1.82, 2.24) is 5.43 Å². The SMILES string of the molecule is CCOC(=O)N/N=C/c1ccc(S(O)(O)O)o1. The van der Waals surface area contributed by atoms with E-state index in [1.165, 1.54) is 12.1 Å². The van der Waals surface area contributed by atoms with Gasteiger partial charge >= 0.3 is 6.09 Å². The highest BCUT2D eigenvalue weighted by Gasteiger charge is 2.19. The topological polar surface area (TPSA) is 125 Å². The summed E-state index contributed by atoms with van der Waals surface area (Å²) in [7, 11) is -3.87. The zero-order chi connectivity index (χ0) is 12.9. The first kappa shape index (κ1) is 13.5. The van der Waals surface area contributed by atoms with Gasteiger partial charge in [0.05, 0.1) is 12.8 Å². The van der Waals surface area contributed by atoms with Crippen LogP contribution in [0.1, 0.15) is 12.7 Å². The predicted octanol–water partition coefficient (Wildman–Crippen LogP) is 1.94. The summed E-state index contributed by atoms with van der Waals surface area (Å²) in [4.78, 5) is 10.8. The second kappa shape index (κ2) is 5.68. The molecule has 0 fully saturated rings. The summed E-state index contributed by atoms with van der Waals surface area (Å²) in [5, 5.41) is 3.10. The fourth-order valence-corrected chi connectivity index (χ4v) is 1.32. The van der Waals surface area contributed by atoms with Crippen molar-refractivity contribution >= 4 is 23.2 Å². The Balaban J connectivity index is 2.55. The molecule has 0 radical (unpaired) electrons. The van der Waals surface area contributed by atoms with Crippen molar-refractivity contribution in [2.75, 3.05) is 6.61 Å². The molecule has 0 aliphatic heterocycles. The van der Waals surface area contributed by atoms with Crippen LogP contribution in [0, 0.1) is 0 Å². The Labute approximate surface area is 98.4 Å². The van der Waals surface area contributed by atoms with Crippen molar-refractivity contribution in [1.29, 1.82) is 0 Å². The van der Waals surface area contributed by atoms with E-state index in [1.54, 1.807) is 6.92 Å². The second-order valence-electron chi connectivity index (χ2n) is 2.77. The molecule has 1 rings (SSSR count). The lowest BCUT2D eigenvalue weighted by Crippen LogP contribution is -2.18. The lowest BCUT2D eigenvalue weighted by atomic mass is 10.5. The Morgan fingerprint density at radius 3 is 2.82 bits per heavy atom. The number of hydrogen-bond donors (Lipinski definition) is 4. The minimum absolute atomic E-state index is 0.130. The monoisotopic (exact) mass is 264 g/mol. The predicted molar refractivity (Wildman–Crippen MR) is 60.2 cm³/mol. The highest BCUT2D eigenvalue weighted by atomic mass is 32.3. The van der Waals surface area contributed by atoms with Crippen molar-refractivity contribution in [3.63, 3.8) is 0 Å². The van der Waals surface area contributed by atoms with Crippen LogP contribution in [0.4, 0.5) is 4.79 Å². The highest BCUT2D eigenvalue weighted by Crippen LogP contribution is 2.43. The lowest BCUT2D eigenvalue weighted by molar-refractivity contribution is 0.152. The van der Waals surface area contributed by atoms with Crippen LogP contribution in [0.3, 0.4) is 0 Å². The van der Waals surface area contributed by atoms with Gasteiger partial charge in [0.1, 0.15) is 16.6 Å². The summed E-state index contributed by atoms with van der Waals surface area (Å²) in [6, 6.07) is 2.52. The Morgan fingerprint density at radius 1 is 1.59 bits per heavy atom. The van der Waals surface area contributed by atoms with Gasteiger partial charge < -0.3 is 22.8 Å². The molecule has 1 aromatic rings. The van der Waals surface area contributed by atoms with Gasteiger partial charge in [0, 0.05) is 0 Å². The van der Waals surface area contributed by atoms with Crippen LogP contribution in [-0.2, 0) is 4.74 Å². The number of hydrogen-bond acceptors (Lipinski definition) is 7. The van der Waals surface area contributed by atoms with Gasteiger partial charge in [-0.05, 0) is 19.1 Å². The summed E-state index contributed by atoms with van der Waals surface area (Å²) < 4.78 is 35.9. The van der Waals surface area contributed by atoms with Gasteiger partial charge in [0.25, 0.3) is 0 Å². The average molecular weight is 264 g/mol. The molecule has 0 unspecified atom stereocenters. The standard InChI is InChI=1S/C8H12N2O6S/c1-2-15-8(11)10-9-5-6-3-4-7(16-6)17(12,13)14/h3-5,12-14H,2H2,1H3,(H,10,11)/b9-5+.